The highest BCUT2D eigenvalue weighted by molar-refractivity contribution is 5.28. The summed E-state index contributed by atoms with van der Waals surface area (Å²) in [6.07, 6.45) is 4.78. The Labute approximate surface area is 119 Å². The standard InChI is InChI=1S/C14H22N6/c1-10(9-20-11(2)8-12(15)18-20)14-17-16-13-6-4-3-5-7-19(13)14/h8,10H,3-7,9H2,1-2H3,(H2,15,18)/t10-/m1/s1. The zero-order chi connectivity index (χ0) is 14.1. The summed E-state index contributed by atoms with van der Waals surface area (Å²) in [6, 6.07) is 1.90. The highest BCUT2D eigenvalue weighted by Crippen LogP contribution is 2.21. The zero-order valence-corrected chi connectivity index (χ0v) is 12.2. The van der Waals surface area contributed by atoms with Gasteiger partial charge in [-0.25, -0.2) is 0 Å². The van der Waals surface area contributed by atoms with Crippen molar-refractivity contribution in [1.82, 2.24) is 24.5 Å². The van der Waals surface area contributed by atoms with Gasteiger partial charge in [0.15, 0.2) is 0 Å². The normalized spacial score (nSPS) is 16.7. The highest BCUT2D eigenvalue weighted by atomic mass is 15.3. The molecule has 0 aliphatic carbocycles. The molecule has 1 aliphatic heterocycles. The fourth-order valence-corrected chi connectivity index (χ4v) is 2.93. The maximum atomic E-state index is 5.74. The number of aromatic nitrogens is 5. The number of anilines is 1. The number of fused-ring (bicyclic) bond motifs is 1. The van der Waals surface area contributed by atoms with E-state index >= 15 is 0 Å². The number of hydrogen-bond acceptors (Lipinski definition) is 4. The second-order valence-electron chi connectivity index (χ2n) is 5.73. The number of nitrogens with zero attached hydrogens (tertiary/aromatic N) is 5. The summed E-state index contributed by atoms with van der Waals surface area (Å²) in [5.74, 6) is 3.08. The molecule has 0 unspecified atom stereocenters. The third kappa shape index (κ3) is 2.42. The Hall–Kier alpha value is -1.85. The number of hydrogen-bond donors (Lipinski definition) is 1. The fourth-order valence-electron chi connectivity index (χ4n) is 2.93. The maximum Gasteiger partial charge on any atom is 0.145 e. The zero-order valence-electron chi connectivity index (χ0n) is 12.2. The van der Waals surface area contributed by atoms with Crippen molar-refractivity contribution in [3.8, 4) is 0 Å². The second-order valence-corrected chi connectivity index (χ2v) is 5.73. The van der Waals surface area contributed by atoms with Gasteiger partial charge in [0.1, 0.15) is 17.5 Å². The highest BCUT2D eigenvalue weighted by Gasteiger charge is 2.20. The Morgan fingerprint density at radius 1 is 1.30 bits per heavy atom. The van der Waals surface area contributed by atoms with Crippen LogP contribution in [0.15, 0.2) is 6.07 Å². The summed E-state index contributed by atoms with van der Waals surface area (Å²) in [4.78, 5) is 0. The van der Waals surface area contributed by atoms with Crippen molar-refractivity contribution >= 4 is 5.82 Å². The van der Waals surface area contributed by atoms with Crippen LogP contribution >= 0.6 is 0 Å². The molecular weight excluding hydrogens is 252 g/mol. The summed E-state index contributed by atoms with van der Waals surface area (Å²) in [5.41, 5.74) is 6.83. The van der Waals surface area contributed by atoms with Gasteiger partial charge in [-0.05, 0) is 19.8 Å². The van der Waals surface area contributed by atoms with Crippen LogP contribution < -0.4 is 5.73 Å². The SMILES string of the molecule is Cc1cc(N)nn1C[C@@H](C)c1nnc2n1CCCCC2. The molecule has 2 aromatic rings. The Kier molecular flexibility index (Phi) is 3.46. The molecule has 0 saturated carbocycles. The van der Waals surface area contributed by atoms with E-state index in [4.69, 9.17) is 5.73 Å². The van der Waals surface area contributed by atoms with Crippen molar-refractivity contribution in [2.24, 2.45) is 0 Å². The largest absolute Gasteiger partial charge is 0.382 e. The molecule has 2 N–H and O–H groups in total. The smallest absolute Gasteiger partial charge is 0.145 e. The van der Waals surface area contributed by atoms with Gasteiger partial charge in [0.05, 0.1) is 6.54 Å². The predicted molar refractivity (Wildman–Crippen MR) is 77.4 cm³/mol. The van der Waals surface area contributed by atoms with E-state index in [1.807, 2.05) is 17.7 Å². The molecule has 0 aromatic carbocycles. The first-order chi connectivity index (χ1) is 9.65. The lowest BCUT2D eigenvalue weighted by atomic mass is 10.1. The third-order valence-corrected chi connectivity index (χ3v) is 4.03. The molecule has 0 fully saturated rings. The van der Waals surface area contributed by atoms with E-state index < -0.39 is 0 Å². The monoisotopic (exact) mass is 274 g/mol. The van der Waals surface area contributed by atoms with Crippen LogP contribution in [0.4, 0.5) is 5.82 Å². The van der Waals surface area contributed by atoms with Gasteiger partial charge in [-0.2, -0.15) is 5.10 Å². The molecule has 20 heavy (non-hydrogen) atoms. The van der Waals surface area contributed by atoms with Crippen molar-refractivity contribution in [3.63, 3.8) is 0 Å². The topological polar surface area (TPSA) is 74.6 Å². The minimum Gasteiger partial charge on any atom is -0.382 e. The molecule has 3 rings (SSSR count). The van der Waals surface area contributed by atoms with Crippen molar-refractivity contribution < 1.29 is 0 Å². The third-order valence-electron chi connectivity index (χ3n) is 4.03. The van der Waals surface area contributed by atoms with Crippen molar-refractivity contribution in [3.05, 3.63) is 23.4 Å². The molecule has 0 amide bonds. The van der Waals surface area contributed by atoms with Crippen LogP contribution in [0, 0.1) is 6.92 Å². The molecule has 2 aromatic heterocycles. The van der Waals surface area contributed by atoms with E-state index in [0.717, 1.165) is 36.9 Å². The van der Waals surface area contributed by atoms with Crippen LogP contribution in [-0.4, -0.2) is 24.5 Å². The lowest BCUT2D eigenvalue weighted by Crippen LogP contribution is -2.15. The number of nitrogen functional groups attached to an aromatic ring is 1. The van der Waals surface area contributed by atoms with Crippen molar-refractivity contribution in [1.29, 1.82) is 0 Å². The van der Waals surface area contributed by atoms with Crippen molar-refractivity contribution in [2.75, 3.05) is 5.73 Å². The summed E-state index contributed by atoms with van der Waals surface area (Å²) < 4.78 is 4.26. The van der Waals surface area contributed by atoms with Gasteiger partial charge < -0.3 is 10.3 Å². The Morgan fingerprint density at radius 3 is 2.90 bits per heavy atom. The molecule has 1 atom stereocenters. The summed E-state index contributed by atoms with van der Waals surface area (Å²) in [7, 11) is 0. The van der Waals surface area contributed by atoms with Gasteiger partial charge >= 0.3 is 0 Å². The molecule has 0 bridgehead atoms. The molecule has 108 valence electrons. The lowest BCUT2D eigenvalue weighted by molar-refractivity contribution is 0.487. The fraction of sp³-hybridized carbons (Fsp3) is 0.643. The van der Waals surface area contributed by atoms with Crippen LogP contribution in [0.5, 0.6) is 0 Å². The quantitative estimate of drug-likeness (QED) is 0.927. The number of aryl methyl sites for hydroxylation is 2. The Balaban J connectivity index is 1.82. The average molecular weight is 274 g/mol. The second kappa shape index (κ2) is 5.26. The minimum atomic E-state index is 0.285. The van der Waals surface area contributed by atoms with E-state index in [1.165, 1.54) is 19.3 Å². The molecule has 6 nitrogen and oxygen atoms in total. The van der Waals surface area contributed by atoms with Crippen molar-refractivity contribution in [2.45, 2.75) is 58.5 Å². The molecule has 3 heterocycles. The average Bonchev–Trinajstić information content (AvgIpc) is 2.85. The molecule has 0 saturated heterocycles. The Bertz CT molecular complexity index is 597. The van der Waals surface area contributed by atoms with Gasteiger partial charge in [-0.15, -0.1) is 10.2 Å². The van der Waals surface area contributed by atoms with E-state index in [-0.39, 0.29) is 5.92 Å². The first kappa shape index (κ1) is 13.1. The van der Waals surface area contributed by atoms with Crippen LogP contribution in [0.3, 0.4) is 0 Å². The van der Waals surface area contributed by atoms with Crippen LogP contribution in [0.1, 0.15) is 49.4 Å². The number of rotatable bonds is 3. The first-order valence-corrected chi connectivity index (χ1v) is 7.37. The lowest BCUT2D eigenvalue weighted by Gasteiger charge is -2.14. The number of nitrogens with two attached hydrogens (primary N) is 1. The molecule has 0 spiro atoms. The van der Waals surface area contributed by atoms with E-state index in [1.54, 1.807) is 0 Å². The van der Waals surface area contributed by atoms with Gasteiger partial charge in [-0.3, -0.25) is 4.68 Å². The Morgan fingerprint density at radius 2 is 2.15 bits per heavy atom. The minimum absolute atomic E-state index is 0.285. The van der Waals surface area contributed by atoms with E-state index in [2.05, 4.69) is 26.8 Å². The molecule has 1 aliphatic rings. The summed E-state index contributed by atoms with van der Waals surface area (Å²) >= 11 is 0. The van der Waals surface area contributed by atoms with Crippen LogP contribution in [-0.2, 0) is 19.5 Å². The first-order valence-electron chi connectivity index (χ1n) is 7.37. The maximum absolute atomic E-state index is 5.74. The van der Waals surface area contributed by atoms with Gasteiger partial charge in [0.2, 0.25) is 0 Å². The van der Waals surface area contributed by atoms with Gasteiger partial charge in [-0.1, -0.05) is 13.3 Å². The van der Waals surface area contributed by atoms with Gasteiger partial charge in [0.25, 0.3) is 0 Å². The summed E-state index contributed by atoms with van der Waals surface area (Å²) in [5, 5.41) is 13.1. The van der Waals surface area contributed by atoms with E-state index in [9.17, 15) is 0 Å². The predicted octanol–water partition coefficient (Wildman–Crippen LogP) is 1.90. The van der Waals surface area contributed by atoms with Crippen LogP contribution in [0.25, 0.3) is 0 Å². The van der Waals surface area contributed by atoms with Gasteiger partial charge in [0, 0.05) is 30.6 Å². The summed E-state index contributed by atoms with van der Waals surface area (Å²) in [6.45, 7) is 6.04. The molecule has 0 radical (unpaired) electrons. The van der Waals surface area contributed by atoms with E-state index in [0.29, 0.717) is 5.82 Å². The molecular formula is C14H22N6. The van der Waals surface area contributed by atoms with Crippen LogP contribution in [0.2, 0.25) is 0 Å². The molecule has 6 heteroatoms.